The van der Waals surface area contributed by atoms with Crippen molar-refractivity contribution in [3.8, 4) is 0 Å². The van der Waals surface area contributed by atoms with Gasteiger partial charge in [0, 0.05) is 13.2 Å². The summed E-state index contributed by atoms with van der Waals surface area (Å²) in [6, 6.07) is -0.548. The van der Waals surface area contributed by atoms with E-state index in [4.69, 9.17) is 11.5 Å². The lowest BCUT2D eigenvalue weighted by Gasteiger charge is -2.16. The van der Waals surface area contributed by atoms with Crippen LogP contribution in [-0.4, -0.2) is 76.6 Å². The molecule has 164 valence electrons. The Balaban J connectivity index is 3.78. The van der Waals surface area contributed by atoms with Gasteiger partial charge in [-0.05, 0) is 52.7 Å². The van der Waals surface area contributed by atoms with Crippen LogP contribution in [-0.2, 0) is 14.4 Å². The molecule has 9 N–H and O–H groups in total. The lowest BCUT2D eigenvalue weighted by Crippen LogP contribution is -2.43. The molecule has 0 aromatic rings. The van der Waals surface area contributed by atoms with Crippen LogP contribution < -0.4 is 38.1 Å². The summed E-state index contributed by atoms with van der Waals surface area (Å²) in [7, 11) is 3.48. The fourth-order valence-corrected chi connectivity index (χ4v) is 2.74. The summed E-state index contributed by atoms with van der Waals surface area (Å²) in [5, 5.41) is 14.7. The molecule has 0 saturated carbocycles. The third kappa shape index (κ3) is 13.6. The molecule has 0 aliphatic rings. The first-order valence-electron chi connectivity index (χ1n) is 10.0. The largest absolute Gasteiger partial charge is 0.368 e. The minimum Gasteiger partial charge on any atom is -0.368 e. The zero-order chi connectivity index (χ0) is 21.2. The van der Waals surface area contributed by atoms with Crippen molar-refractivity contribution in [2.75, 3.05) is 46.9 Å². The first kappa shape index (κ1) is 26.4. The molecule has 0 fully saturated rings. The molecule has 0 spiro atoms. The van der Waals surface area contributed by atoms with Crippen molar-refractivity contribution in [1.82, 2.24) is 26.6 Å². The van der Waals surface area contributed by atoms with Crippen molar-refractivity contribution in [2.45, 2.75) is 50.6 Å². The number of carbonyl (C=O) groups excluding carboxylic acids is 3. The van der Waals surface area contributed by atoms with E-state index in [0.717, 1.165) is 38.6 Å². The molecule has 0 aromatic heterocycles. The molecule has 0 rings (SSSR count). The lowest BCUT2D eigenvalue weighted by atomic mass is 10.1. The maximum atomic E-state index is 12.2. The van der Waals surface area contributed by atoms with E-state index in [1.165, 1.54) is 0 Å². The Kier molecular flexibility index (Phi) is 16.5. The Morgan fingerprint density at radius 3 is 1.96 bits per heavy atom. The normalized spacial score (nSPS) is 13.1. The van der Waals surface area contributed by atoms with Gasteiger partial charge < -0.3 is 32.7 Å². The standard InChI is InChI=1S/C18H39N7O3/c1-21-15(17(20)27)7-4-6-10-25-18(28)16(22-2)8-3-5-9-23-11-14(26)12-24-13-19/h15-16,21-24H,3-13,19H2,1-2H3,(H2,20,27)(H,25,28)/t15-,16-/m0/s1. The number of nitrogens with one attached hydrogen (secondary N) is 5. The Morgan fingerprint density at radius 1 is 0.821 bits per heavy atom. The van der Waals surface area contributed by atoms with Crippen molar-refractivity contribution < 1.29 is 14.4 Å². The highest BCUT2D eigenvalue weighted by molar-refractivity contribution is 5.82. The van der Waals surface area contributed by atoms with Crippen LogP contribution in [0, 0.1) is 0 Å². The highest BCUT2D eigenvalue weighted by Crippen LogP contribution is 2.02. The molecule has 0 aliphatic heterocycles. The Hall–Kier alpha value is -1.59. The highest BCUT2D eigenvalue weighted by Gasteiger charge is 2.15. The van der Waals surface area contributed by atoms with Crippen LogP contribution in [0.3, 0.4) is 0 Å². The SMILES string of the molecule is CN[C@@H](CCCCNC(=O)[C@H](CCCCNCC(=O)CNCN)NC)C(N)=O. The summed E-state index contributed by atoms with van der Waals surface area (Å²) < 4.78 is 0. The van der Waals surface area contributed by atoms with E-state index in [9.17, 15) is 14.4 Å². The van der Waals surface area contributed by atoms with Gasteiger partial charge in [-0.3, -0.25) is 19.7 Å². The summed E-state index contributed by atoms with van der Waals surface area (Å²) in [5.41, 5.74) is 10.5. The molecule has 2 atom stereocenters. The van der Waals surface area contributed by atoms with Crippen LogP contribution in [0.5, 0.6) is 0 Å². The van der Waals surface area contributed by atoms with E-state index in [2.05, 4.69) is 26.6 Å². The summed E-state index contributed by atoms with van der Waals surface area (Å²) in [5.74, 6) is -0.291. The summed E-state index contributed by atoms with van der Waals surface area (Å²) in [6.07, 6.45) is 4.77. The number of ketones is 1. The van der Waals surface area contributed by atoms with E-state index < -0.39 is 0 Å². The van der Waals surface area contributed by atoms with Gasteiger partial charge in [0.2, 0.25) is 11.8 Å². The molecule has 28 heavy (non-hydrogen) atoms. The smallest absolute Gasteiger partial charge is 0.237 e. The van der Waals surface area contributed by atoms with E-state index in [-0.39, 0.29) is 36.2 Å². The predicted octanol–water partition coefficient (Wildman–Crippen LogP) is -2.23. The van der Waals surface area contributed by atoms with Crippen molar-refractivity contribution in [2.24, 2.45) is 11.5 Å². The van der Waals surface area contributed by atoms with Crippen LogP contribution in [0.15, 0.2) is 0 Å². The fraction of sp³-hybridized carbons (Fsp3) is 0.833. The average Bonchev–Trinajstić information content (AvgIpc) is 2.67. The molecular formula is C18H39N7O3. The Labute approximate surface area is 168 Å². The molecule has 2 amide bonds. The molecule has 0 heterocycles. The second-order valence-corrected chi connectivity index (χ2v) is 6.71. The maximum absolute atomic E-state index is 12.2. The highest BCUT2D eigenvalue weighted by atomic mass is 16.2. The van der Waals surface area contributed by atoms with E-state index in [1.807, 2.05) is 0 Å². The van der Waals surface area contributed by atoms with Crippen LogP contribution in [0.2, 0.25) is 0 Å². The van der Waals surface area contributed by atoms with Gasteiger partial charge in [-0.1, -0.05) is 6.42 Å². The number of rotatable bonds is 19. The number of carbonyl (C=O) groups is 3. The van der Waals surface area contributed by atoms with Gasteiger partial charge in [0.1, 0.15) is 0 Å². The van der Waals surface area contributed by atoms with Crippen molar-refractivity contribution in [3.05, 3.63) is 0 Å². The third-order valence-electron chi connectivity index (χ3n) is 4.46. The van der Waals surface area contributed by atoms with Gasteiger partial charge in [-0.25, -0.2) is 0 Å². The molecule has 0 unspecified atom stereocenters. The van der Waals surface area contributed by atoms with Gasteiger partial charge in [0.15, 0.2) is 5.78 Å². The second kappa shape index (κ2) is 17.5. The van der Waals surface area contributed by atoms with E-state index in [0.29, 0.717) is 26.2 Å². The lowest BCUT2D eigenvalue weighted by molar-refractivity contribution is -0.123. The molecule has 0 aliphatic carbocycles. The minimum atomic E-state index is -0.354. The van der Waals surface area contributed by atoms with Crippen LogP contribution in [0.25, 0.3) is 0 Å². The van der Waals surface area contributed by atoms with Gasteiger partial charge in [0.25, 0.3) is 0 Å². The molecule has 0 saturated heterocycles. The van der Waals surface area contributed by atoms with E-state index >= 15 is 0 Å². The molecule has 0 aromatic carbocycles. The van der Waals surface area contributed by atoms with Crippen molar-refractivity contribution in [1.29, 1.82) is 0 Å². The number of hydrogen-bond donors (Lipinski definition) is 7. The minimum absolute atomic E-state index is 0.0152. The van der Waals surface area contributed by atoms with Crippen molar-refractivity contribution >= 4 is 17.6 Å². The number of unbranched alkanes of at least 4 members (excludes halogenated alkanes) is 2. The zero-order valence-corrected chi connectivity index (χ0v) is 17.3. The number of primary amides is 1. The average molecular weight is 402 g/mol. The van der Waals surface area contributed by atoms with Gasteiger partial charge in [0.05, 0.1) is 25.2 Å². The maximum Gasteiger partial charge on any atom is 0.237 e. The second-order valence-electron chi connectivity index (χ2n) is 6.71. The first-order valence-corrected chi connectivity index (χ1v) is 10.0. The topological polar surface area (TPSA) is 163 Å². The van der Waals surface area contributed by atoms with Crippen LogP contribution in [0.4, 0.5) is 0 Å². The van der Waals surface area contributed by atoms with Crippen LogP contribution in [0.1, 0.15) is 38.5 Å². The fourth-order valence-electron chi connectivity index (χ4n) is 2.74. The molecule has 10 heteroatoms. The Morgan fingerprint density at radius 2 is 1.39 bits per heavy atom. The quantitative estimate of drug-likeness (QED) is 0.0944. The first-order chi connectivity index (χ1) is 13.5. The number of likely N-dealkylation sites (N-methyl/N-ethyl adjacent to an activating group) is 2. The number of Topliss-reactive ketones (excluding diaryl/α,β-unsaturated/α-hetero) is 1. The molecule has 10 nitrogen and oxygen atoms in total. The van der Waals surface area contributed by atoms with Gasteiger partial charge in [-0.15, -0.1) is 0 Å². The molecule has 0 radical (unpaired) electrons. The Bertz CT molecular complexity index is 449. The number of hydrogen-bond acceptors (Lipinski definition) is 8. The van der Waals surface area contributed by atoms with E-state index in [1.54, 1.807) is 14.1 Å². The predicted molar refractivity (Wildman–Crippen MR) is 111 cm³/mol. The molecular weight excluding hydrogens is 362 g/mol. The summed E-state index contributed by atoms with van der Waals surface area (Å²) in [6.45, 7) is 2.21. The molecule has 0 bridgehead atoms. The monoisotopic (exact) mass is 401 g/mol. The summed E-state index contributed by atoms with van der Waals surface area (Å²) >= 11 is 0. The van der Waals surface area contributed by atoms with Crippen LogP contribution >= 0.6 is 0 Å². The zero-order valence-electron chi connectivity index (χ0n) is 17.3. The number of amides is 2. The van der Waals surface area contributed by atoms with Gasteiger partial charge >= 0.3 is 0 Å². The number of nitrogens with two attached hydrogens (primary N) is 2. The van der Waals surface area contributed by atoms with Crippen molar-refractivity contribution in [3.63, 3.8) is 0 Å². The third-order valence-corrected chi connectivity index (χ3v) is 4.46. The van der Waals surface area contributed by atoms with Gasteiger partial charge in [-0.2, -0.15) is 0 Å². The summed E-state index contributed by atoms with van der Waals surface area (Å²) in [4.78, 5) is 34.8.